The van der Waals surface area contributed by atoms with Crippen molar-refractivity contribution < 1.29 is 4.74 Å². The van der Waals surface area contributed by atoms with E-state index in [0.717, 1.165) is 32.7 Å². The zero-order chi connectivity index (χ0) is 14.9. The Morgan fingerprint density at radius 2 is 2.10 bits per heavy atom. The van der Waals surface area contributed by atoms with Crippen LogP contribution in [0.5, 0.6) is 0 Å². The third-order valence-corrected chi connectivity index (χ3v) is 4.24. The van der Waals surface area contributed by atoms with Crippen LogP contribution in [0.2, 0.25) is 0 Å². The number of likely N-dealkylation sites (N-methyl/N-ethyl adjacent to an activating group) is 1. The number of ether oxygens (including phenoxy) is 1. The van der Waals surface area contributed by atoms with Crippen LogP contribution in [0.3, 0.4) is 0 Å². The van der Waals surface area contributed by atoms with E-state index >= 15 is 0 Å². The second-order valence-corrected chi connectivity index (χ2v) is 6.06. The summed E-state index contributed by atoms with van der Waals surface area (Å²) < 4.78 is 5.83. The fraction of sp³-hybridized carbons (Fsp3) is 0.667. The lowest BCUT2D eigenvalue weighted by Gasteiger charge is -2.28. The van der Waals surface area contributed by atoms with Gasteiger partial charge in [0.1, 0.15) is 0 Å². The molecular weight excluding hydrogens is 260 g/mol. The van der Waals surface area contributed by atoms with Gasteiger partial charge in [-0.1, -0.05) is 37.3 Å². The summed E-state index contributed by atoms with van der Waals surface area (Å²) in [5.74, 6) is 0. The van der Waals surface area contributed by atoms with Crippen LogP contribution in [0.25, 0.3) is 0 Å². The number of hydrogen-bond donors (Lipinski definition) is 1. The van der Waals surface area contributed by atoms with Gasteiger partial charge in [0.2, 0.25) is 0 Å². The molecule has 0 amide bonds. The van der Waals surface area contributed by atoms with E-state index in [1.165, 1.54) is 24.8 Å². The molecule has 21 heavy (non-hydrogen) atoms. The molecule has 3 heteroatoms. The summed E-state index contributed by atoms with van der Waals surface area (Å²) >= 11 is 0. The highest BCUT2D eigenvalue weighted by Gasteiger charge is 2.17. The fourth-order valence-electron chi connectivity index (χ4n) is 3.06. The summed E-state index contributed by atoms with van der Waals surface area (Å²) in [5, 5.41) is 3.60. The molecule has 0 spiro atoms. The van der Waals surface area contributed by atoms with Gasteiger partial charge in [-0.25, -0.2) is 0 Å². The van der Waals surface area contributed by atoms with E-state index in [0.29, 0.717) is 12.1 Å². The third kappa shape index (κ3) is 5.77. The number of nitrogens with one attached hydrogen (secondary N) is 1. The summed E-state index contributed by atoms with van der Waals surface area (Å²) in [6.45, 7) is 6.30. The van der Waals surface area contributed by atoms with Gasteiger partial charge in [-0.05, 0) is 51.4 Å². The molecule has 1 aromatic carbocycles. The minimum Gasteiger partial charge on any atom is -0.377 e. The van der Waals surface area contributed by atoms with Gasteiger partial charge in [-0.15, -0.1) is 0 Å². The van der Waals surface area contributed by atoms with Crippen LogP contribution >= 0.6 is 0 Å². The van der Waals surface area contributed by atoms with Gasteiger partial charge in [0.15, 0.2) is 0 Å². The standard InChI is InChI=1S/C18H30N2O/c1-3-19-18(16-9-5-4-6-10-16)12-13-20(2)15-17-11-7-8-14-21-17/h4-6,9-10,17-19H,3,7-8,11-15H2,1-2H3. The molecule has 118 valence electrons. The Morgan fingerprint density at radius 3 is 2.76 bits per heavy atom. The topological polar surface area (TPSA) is 24.5 Å². The molecule has 0 aliphatic carbocycles. The Bertz CT molecular complexity index is 376. The van der Waals surface area contributed by atoms with Crippen molar-refractivity contribution >= 4 is 0 Å². The van der Waals surface area contributed by atoms with Gasteiger partial charge >= 0.3 is 0 Å². The summed E-state index contributed by atoms with van der Waals surface area (Å²) in [6.07, 6.45) is 5.36. The maximum atomic E-state index is 5.83. The highest BCUT2D eigenvalue weighted by atomic mass is 16.5. The van der Waals surface area contributed by atoms with Crippen molar-refractivity contribution in [1.29, 1.82) is 0 Å². The van der Waals surface area contributed by atoms with Gasteiger partial charge in [-0.2, -0.15) is 0 Å². The average molecular weight is 290 g/mol. The first-order valence-electron chi connectivity index (χ1n) is 8.38. The second-order valence-electron chi connectivity index (χ2n) is 6.06. The van der Waals surface area contributed by atoms with E-state index in [-0.39, 0.29) is 0 Å². The minimum absolute atomic E-state index is 0.443. The highest BCUT2D eigenvalue weighted by molar-refractivity contribution is 5.18. The predicted molar refractivity (Wildman–Crippen MR) is 88.6 cm³/mol. The van der Waals surface area contributed by atoms with Gasteiger partial charge in [-0.3, -0.25) is 0 Å². The normalized spacial score (nSPS) is 20.6. The number of rotatable bonds is 8. The molecule has 0 bridgehead atoms. The Hall–Kier alpha value is -0.900. The highest BCUT2D eigenvalue weighted by Crippen LogP contribution is 2.18. The van der Waals surface area contributed by atoms with E-state index in [1.54, 1.807) is 0 Å². The smallest absolute Gasteiger partial charge is 0.0701 e. The summed E-state index contributed by atoms with van der Waals surface area (Å²) in [7, 11) is 2.21. The van der Waals surface area contributed by atoms with Crippen LogP contribution in [0.1, 0.15) is 44.2 Å². The van der Waals surface area contributed by atoms with Gasteiger partial charge in [0.05, 0.1) is 6.10 Å². The van der Waals surface area contributed by atoms with Crippen LogP contribution in [-0.4, -0.2) is 44.3 Å². The Labute approximate surface area is 129 Å². The maximum Gasteiger partial charge on any atom is 0.0701 e. The Balaban J connectivity index is 1.78. The van der Waals surface area contributed by atoms with E-state index in [1.807, 2.05) is 0 Å². The van der Waals surface area contributed by atoms with Crippen molar-refractivity contribution in [3.8, 4) is 0 Å². The third-order valence-electron chi connectivity index (χ3n) is 4.24. The summed E-state index contributed by atoms with van der Waals surface area (Å²) in [6, 6.07) is 11.2. The average Bonchev–Trinajstić information content (AvgIpc) is 2.53. The van der Waals surface area contributed by atoms with Crippen molar-refractivity contribution in [2.75, 3.05) is 33.3 Å². The molecule has 2 atom stereocenters. The molecule has 2 rings (SSSR count). The van der Waals surface area contributed by atoms with Gasteiger partial charge in [0.25, 0.3) is 0 Å². The SMILES string of the molecule is CCNC(CCN(C)CC1CCCCO1)c1ccccc1. The van der Waals surface area contributed by atoms with E-state index in [2.05, 4.69) is 54.5 Å². The molecule has 1 heterocycles. The van der Waals surface area contributed by atoms with Gasteiger partial charge in [0, 0.05) is 19.2 Å². The molecule has 1 saturated heterocycles. The maximum absolute atomic E-state index is 5.83. The first kappa shape index (κ1) is 16.5. The molecule has 1 fully saturated rings. The van der Waals surface area contributed by atoms with E-state index < -0.39 is 0 Å². The number of nitrogens with zero attached hydrogens (tertiary/aromatic N) is 1. The first-order valence-corrected chi connectivity index (χ1v) is 8.38. The Morgan fingerprint density at radius 1 is 1.29 bits per heavy atom. The molecule has 0 saturated carbocycles. The lowest BCUT2D eigenvalue weighted by Crippen LogP contribution is -2.35. The summed E-state index contributed by atoms with van der Waals surface area (Å²) in [4.78, 5) is 2.42. The number of hydrogen-bond acceptors (Lipinski definition) is 3. The monoisotopic (exact) mass is 290 g/mol. The predicted octanol–water partition coefficient (Wildman–Crippen LogP) is 3.23. The molecule has 2 unspecified atom stereocenters. The second kappa shape index (κ2) is 9.19. The lowest BCUT2D eigenvalue weighted by molar-refractivity contribution is -0.00186. The van der Waals surface area contributed by atoms with Crippen LogP contribution in [-0.2, 0) is 4.74 Å². The zero-order valence-electron chi connectivity index (χ0n) is 13.6. The van der Waals surface area contributed by atoms with Crippen LogP contribution in [0.15, 0.2) is 30.3 Å². The molecule has 1 aliphatic rings. The van der Waals surface area contributed by atoms with Crippen molar-refractivity contribution in [2.24, 2.45) is 0 Å². The van der Waals surface area contributed by atoms with Crippen LogP contribution in [0.4, 0.5) is 0 Å². The first-order chi connectivity index (χ1) is 10.3. The number of benzene rings is 1. The lowest BCUT2D eigenvalue weighted by atomic mass is 10.0. The van der Waals surface area contributed by atoms with Crippen molar-refractivity contribution in [3.63, 3.8) is 0 Å². The largest absolute Gasteiger partial charge is 0.377 e. The fourth-order valence-corrected chi connectivity index (χ4v) is 3.06. The van der Waals surface area contributed by atoms with Crippen molar-refractivity contribution in [2.45, 2.75) is 44.8 Å². The molecule has 1 aliphatic heterocycles. The van der Waals surface area contributed by atoms with Crippen molar-refractivity contribution in [3.05, 3.63) is 35.9 Å². The molecule has 0 aromatic heterocycles. The van der Waals surface area contributed by atoms with Crippen LogP contribution in [0, 0.1) is 0 Å². The molecule has 1 aromatic rings. The quantitative estimate of drug-likeness (QED) is 0.795. The molecule has 1 N–H and O–H groups in total. The molecular formula is C18H30N2O. The Kier molecular flexibility index (Phi) is 7.20. The zero-order valence-corrected chi connectivity index (χ0v) is 13.6. The van der Waals surface area contributed by atoms with E-state index in [9.17, 15) is 0 Å². The van der Waals surface area contributed by atoms with Crippen molar-refractivity contribution in [1.82, 2.24) is 10.2 Å². The van der Waals surface area contributed by atoms with E-state index in [4.69, 9.17) is 4.74 Å². The summed E-state index contributed by atoms with van der Waals surface area (Å²) in [5.41, 5.74) is 1.39. The van der Waals surface area contributed by atoms with Gasteiger partial charge < -0.3 is 15.0 Å². The van der Waals surface area contributed by atoms with Crippen LogP contribution < -0.4 is 5.32 Å². The minimum atomic E-state index is 0.443. The molecule has 0 radical (unpaired) electrons. The molecule has 3 nitrogen and oxygen atoms in total.